The second-order valence-electron chi connectivity index (χ2n) is 9.24. The maximum Gasteiger partial charge on any atom is 0.390 e. The van der Waals surface area contributed by atoms with E-state index in [2.05, 4.69) is 25.8 Å². The molecule has 3 aromatic rings. The van der Waals surface area contributed by atoms with Crippen molar-refractivity contribution >= 4 is 17.8 Å². The van der Waals surface area contributed by atoms with Gasteiger partial charge in [-0.25, -0.2) is 18.9 Å². The summed E-state index contributed by atoms with van der Waals surface area (Å²) in [7, 11) is 1.30. The van der Waals surface area contributed by atoms with Crippen molar-refractivity contribution in [3.63, 3.8) is 0 Å². The van der Waals surface area contributed by atoms with Crippen LogP contribution in [-0.4, -0.2) is 73.2 Å². The molecule has 1 aliphatic rings. The lowest BCUT2D eigenvalue weighted by Crippen LogP contribution is -2.44. The second-order valence-corrected chi connectivity index (χ2v) is 9.24. The zero-order valence-electron chi connectivity index (χ0n) is 21.0. The Kier molecular flexibility index (Phi) is 7.60. The molecule has 0 spiro atoms. The number of fused-ring (bicyclic) bond motifs is 1. The lowest BCUT2D eigenvalue weighted by atomic mass is 9.96. The first kappa shape index (κ1) is 26.9. The van der Waals surface area contributed by atoms with Crippen molar-refractivity contribution in [2.24, 2.45) is 0 Å². The molecular formula is C24H26F4N8O2. The fraction of sp³-hybridized carbons (Fsp3) is 0.417. The molecule has 38 heavy (non-hydrogen) atoms. The predicted octanol–water partition coefficient (Wildman–Crippen LogP) is 4.07. The van der Waals surface area contributed by atoms with Crippen LogP contribution in [0, 0.1) is 5.82 Å². The number of amides is 3. The summed E-state index contributed by atoms with van der Waals surface area (Å²) in [5, 5.41) is 14.2. The molecule has 0 saturated carbocycles. The molecule has 3 amide bonds. The number of pyridine rings is 1. The van der Waals surface area contributed by atoms with Crippen LogP contribution in [-0.2, 0) is 13.0 Å². The minimum atomic E-state index is -4.37. The Hall–Kier alpha value is -4.10. The monoisotopic (exact) mass is 534 g/mol. The van der Waals surface area contributed by atoms with Gasteiger partial charge in [0, 0.05) is 26.7 Å². The average molecular weight is 535 g/mol. The third kappa shape index (κ3) is 6.06. The largest absolute Gasteiger partial charge is 0.390 e. The highest BCUT2D eigenvalue weighted by Crippen LogP contribution is 2.26. The lowest BCUT2D eigenvalue weighted by Gasteiger charge is -2.32. The SMILES string of the molecule is CC(C)n1nnnc1-c1cccc(NC(=O)c2cc3c(cc2F)CCN(C(=O)N(C)CCC(F)(F)F)C3)n1. The van der Waals surface area contributed by atoms with E-state index >= 15 is 0 Å². The Labute approximate surface area is 215 Å². The van der Waals surface area contributed by atoms with Gasteiger partial charge in [-0.2, -0.15) is 13.2 Å². The van der Waals surface area contributed by atoms with Crippen LogP contribution in [0.5, 0.6) is 0 Å². The molecule has 1 aromatic carbocycles. The van der Waals surface area contributed by atoms with Gasteiger partial charge in [-0.3, -0.25) is 4.79 Å². The molecular weight excluding hydrogens is 508 g/mol. The zero-order valence-corrected chi connectivity index (χ0v) is 21.0. The van der Waals surface area contributed by atoms with Gasteiger partial charge < -0.3 is 15.1 Å². The molecule has 0 bridgehead atoms. The van der Waals surface area contributed by atoms with Gasteiger partial charge in [-0.1, -0.05) is 6.07 Å². The number of nitrogens with zero attached hydrogens (tertiary/aromatic N) is 7. The van der Waals surface area contributed by atoms with Gasteiger partial charge in [0.05, 0.1) is 18.0 Å². The summed E-state index contributed by atoms with van der Waals surface area (Å²) >= 11 is 0. The minimum absolute atomic E-state index is 0.0273. The van der Waals surface area contributed by atoms with E-state index in [1.165, 1.54) is 24.1 Å². The smallest absolute Gasteiger partial charge is 0.327 e. The van der Waals surface area contributed by atoms with E-state index in [1.54, 1.807) is 22.9 Å². The van der Waals surface area contributed by atoms with E-state index in [4.69, 9.17) is 0 Å². The van der Waals surface area contributed by atoms with Crippen LogP contribution in [0.2, 0.25) is 0 Å². The molecule has 1 N–H and O–H groups in total. The fourth-order valence-corrected chi connectivity index (χ4v) is 4.07. The van der Waals surface area contributed by atoms with Crippen LogP contribution in [0.4, 0.5) is 28.2 Å². The number of benzene rings is 1. The molecule has 3 heterocycles. The van der Waals surface area contributed by atoms with Gasteiger partial charge >= 0.3 is 12.2 Å². The molecule has 202 valence electrons. The maximum absolute atomic E-state index is 14.9. The van der Waals surface area contributed by atoms with E-state index in [-0.39, 0.29) is 30.5 Å². The number of alkyl halides is 3. The number of tetrazole rings is 1. The van der Waals surface area contributed by atoms with Gasteiger partial charge in [0.15, 0.2) is 0 Å². The lowest BCUT2D eigenvalue weighted by molar-refractivity contribution is -0.136. The van der Waals surface area contributed by atoms with Crippen LogP contribution in [0.3, 0.4) is 0 Å². The molecule has 10 nitrogen and oxygen atoms in total. The molecule has 0 saturated heterocycles. The van der Waals surface area contributed by atoms with Gasteiger partial charge in [0.25, 0.3) is 5.91 Å². The van der Waals surface area contributed by atoms with Crippen molar-refractivity contribution in [2.75, 3.05) is 25.5 Å². The van der Waals surface area contributed by atoms with Gasteiger partial charge in [0.2, 0.25) is 5.82 Å². The van der Waals surface area contributed by atoms with Crippen LogP contribution in [0.15, 0.2) is 30.3 Å². The summed E-state index contributed by atoms with van der Waals surface area (Å²) in [5.74, 6) is -0.917. The van der Waals surface area contributed by atoms with E-state index in [9.17, 15) is 27.2 Å². The fourth-order valence-electron chi connectivity index (χ4n) is 4.07. The summed E-state index contributed by atoms with van der Waals surface area (Å²) < 4.78 is 54.0. The van der Waals surface area contributed by atoms with Gasteiger partial charge in [-0.05, 0) is 66.1 Å². The van der Waals surface area contributed by atoms with Crippen molar-refractivity contribution in [3.05, 3.63) is 52.8 Å². The van der Waals surface area contributed by atoms with Gasteiger partial charge in [0.1, 0.15) is 17.3 Å². The molecule has 0 unspecified atom stereocenters. The topological polar surface area (TPSA) is 109 Å². The Bertz CT molecular complexity index is 1340. The van der Waals surface area contributed by atoms with Crippen LogP contribution < -0.4 is 5.32 Å². The number of halogens is 4. The second kappa shape index (κ2) is 10.7. The Morgan fingerprint density at radius 1 is 1.18 bits per heavy atom. The standard InChI is InChI=1S/C24H26F4N8O2/c1-14(2)36-21(31-32-33-36)19-5-4-6-20(29-19)30-22(37)17-11-16-13-35(9-7-15(16)12-18(17)25)23(38)34(3)10-8-24(26,27)28/h4-6,11-12,14H,7-10,13H2,1-3H3,(H,29,30,37). The summed E-state index contributed by atoms with van der Waals surface area (Å²) in [5.41, 5.74) is 1.33. The Morgan fingerprint density at radius 3 is 2.66 bits per heavy atom. The first-order chi connectivity index (χ1) is 17.9. The molecule has 1 aliphatic heterocycles. The summed E-state index contributed by atoms with van der Waals surface area (Å²) in [4.78, 5) is 32.4. The Balaban J connectivity index is 1.49. The quantitative estimate of drug-likeness (QED) is 0.478. The number of hydrogen-bond acceptors (Lipinski definition) is 6. The highest BCUT2D eigenvalue weighted by molar-refractivity contribution is 6.04. The predicted molar refractivity (Wildman–Crippen MR) is 129 cm³/mol. The number of urea groups is 1. The summed E-state index contributed by atoms with van der Waals surface area (Å²) in [6.45, 7) is 3.59. The molecule has 14 heteroatoms. The number of anilines is 1. The normalized spacial score (nSPS) is 13.4. The number of hydrogen-bond donors (Lipinski definition) is 1. The van der Waals surface area contributed by atoms with E-state index in [0.29, 0.717) is 29.1 Å². The summed E-state index contributed by atoms with van der Waals surface area (Å²) in [6, 6.07) is 6.88. The van der Waals surface area contributed by atoms with Crippen LogP contribution in [0.25, 0.3) is 11.5 Å². The van der Waals surface area contributed by atoms with Crippen LogP contribution in [0.1, 0.15) is 47.8 Å². The van der Waals surface area contributed by atoms with Crippen molar-refractivity contribution < 1.29 is 27.2 Å². The number of carbonyl (C=O) groups excluding carboxylic acids is 2. The van der Waals surface area contributed by atoms with Crippen molar-refractivity contribution in [3.8, 4) is 11.5 Å². The van der Waals surface area contributed by atoms with E-state index in [0.717, 1.165) is 4.90 Å². The first-order valence-electron chi connectivity index (χ1n) is 11.9. The summed E-state index contributed by atoms with van der Waals surface area (Å²) in [6.07, 6.45) is -5.18. The molecule has 4 rings (SSSR count). The van der Waals surface area contributed by atoms with Crippen molar-refractivity contribution in [1.82, 2.24) is 35.0 Å². The number of carbonyl (C=O) groups is 2. The van der Waals surface area contributed by atoms with Crippen molar-refractivity contribution in [1.29, 1.82) is 0 Å². The highest BCUT2D eigenvalue weighted by atomic mass is 19.4. The number of aromatic nitrogens is 5. The molecule has 0 fully saturated rings. The third-order valence-corrected chi connectivity index (χ3v) is 6.08. The maximum atomic E-state index is 14.9. The molecule has 0 atom stereocenters. The third-order valence-electron chi connectivity index (χ3n) is 6.08. The van der Waals surface area contributed by atoms with E-state index in [1.807, 2.05) is 13.8 Å². The number of rotatable bonds is 6. The zero-order chi connectivity index (χ0) is 27.6. The molecule has 0 aliphatic carbocycles. The minimum Gasteiger partial charge on any atom is -0.327 e. The average Bonchev–Trinajstić information content (AvgIpc) is 3.36. The molecule has 2 aromatic heterocycles. The highest BCUT2D eigenvalue weighted by Gasteiger charge is 2.30. The van der Waals surface area contributed by atoms with Crippen molar-refractivity contribution in [2.45, 2.75) is 45.5 Å². The number of nitrogens with one attached hydrogen (secondary N) is 1. The Morgan fingerprint density at radius 2 is 1.95 bits per heavy atom. The van der Waals surface area contributed by atoms with Gasteiger partial charge in [-0.15, -0.1) is 5.10 Å². The van der Waals surface area contributed by atoms with E-state index < -0.39 is 36.9 Å². The van der Waals surface area contributed by atoms with Crippen LogP contribution >= 0.6 is 0 Å². The molecule has 0 radical (unpaired) electrons. The first-order valence-corrected chi connectivity index (χ1v) is 11.9.